The van der Waals surface area contributed by atoms with Gasteiger partial charge in [0.15, 0.2) is 11.5 Å². The quantitative estimate of drug-likeness (QED) is 0.809. The maximum absolute atomic E-state index is 12.3. The van der Waals surface area contributed by atoms with Crippen LogP contribution in [0.15, 0.2) is 18.2 Å². The molecule has 0 bridgehead atoms. The smallest absolute Gasteiger partial charge is 0.246 e. The molecule has 23 heavy (non-hydrogen) atoms. The van der Waals surface area contributed by atoms with E-state index in [-0.39, 0.29) is 5.91 Å². The zero-order chi connectivity index (χ0) is 16.8. The number of ether oxygens (including phenoxy) is 2. The number of carbonyl (C=O) groups is 1. The first kappa shape index (κ1) is 17.6. The third-order valence-corrected chi connectivity index (χ3v) is 4.25. The Morgan fingerprint density at radius 1 is 1.43 bits per heavy atom. The molecular formula is C17H23ClN2O3. The number of halogens is 1. The minimum absolute atomic E-state index is 0.0227. The molecule has 1 N–H and O–H groups in total. The summed E-state index contributed by atoms with van der Waals surface area (Å²) in [7, 11) is 5.03. The molecule has 6 heteroatoms. The number of methoxy groups -OCH3 is 2. The second-order valence-electron chi connectivity index (χ2n) is 5.57. The van der Waals surface area contributed by atoms with Crippen molar-refractivity contribution >= 4 is 23.6 Å². The van der Waals surface area contributed by atoms with Gasteiger partial charge in [-0.15, -0.1) is 0 Å². The molecule has 1 aliphatic heterocycles. The SMILES string of the molecule is CNCC1CCN(C(=O)/C=C/c2cc(Cl)c(OC)c(OC)c2)C1. The summed E-state index contributed by atoms with van der Waals surface area (Å²) in [6.45, 7) is 2.55. The van der Waals surface area contributed by atoms with Crippen LogP contribution in [-0.4, -0.2) is 51.7 Å². The van der Waals surface area contributed by atoms with Gasteiger partial charge >= 0.3 is 0 Å². The summed E-state index contributed by atoms with van der Waals surface area (Å²) >= 11 is 6.17. The number of benzene rings is 1. The minimum atomic E-state index is 0.0227. The van der Waals surface area contributed by atoms with Crippen molar-refractivity contribution in [2.24, 2.45) is 5.92 Å². The highest BCUT2D eigenvalue weighted by Crippen LogP contribution is 2.36. The molecule has 0 aliphatic carbocycles. The first-order valence-electron chi connectivity index (χ1n) is 7.62. The van der Waals surface area contributed by atoms with Crippen molar-refractivity contribution < 1.29 is 14.3 Å². The van der Waals surface area contributed by atoms with Gasteiger partial charge < -0.3 is 19.7 Å². The predicted molar refractivity (Wildman–Crippen MR) is 92.2 cm³/mol. The van der Waals surface area contributed by atoms with Gasteiger partial charge in [0, 0.05) is 19.2 Å². The lowest BCUT2D eigenvalue weighted by atomic mass is 10.1. The van der Waals surface area contributed by atoms with E-state index in [1.165, 1.54) is 7.11 Å². The zero-order valence-electron chi connectivity index (χ0n) is 13.8. The third-order valence-electron chi connectivity index (χ3n) is 3.96. The highest BCUT2D eigenvalue weighted by atomic mass is 35.5. The number of hydrogen-bond donors (Lipinski definition) is 1. The Morgan fingerprint density at radius 2 is 2.22 bits per heavy atom. The third kappa shape index (κ3) is 4.39. The number of rotatable bonds is 6. The van der Waals surface area contributed by atoms with Crippen LogP contribution in [0.2, 0.25) is 5.02 Å². The normalized spacial score (nSPS) is 17.7. The van der Waals surface area contributed by atoms with Crippen LogP contribution in [0.25, 0.3) is 6.08 Å². The van der Waals surface area contributed by atoms with E-state index in [1.54, 1.807) is 31.4 Å². The van der Waals surface area contributed by atoms with Crippen molar-refractivity contribution in [1.29, 1.82) is 0 Å². The number of nitrogens with one attached hydrogen (secondary N) is 1. The van der Waals surface area contributed by atoms with Crippen LogP contribution in [0.3, 0.4) is 0 Å². The van der Waals surface area contributed by atoms with Crippen molar-refractivity contribution in [2.45, 2.75) is 6.42 Å². The van der Waals surface area contributed by atoms with Gasteiger partial charge in [-0.05, 0) is 49.7 Å². The molecule has 1 unspecified atom stereocenters. The molecule has 0 aromatic heterocycles. The van der Waals surface area contributed by atoms with Crippen molar-refractivity contribution in [3.63, 3.8) is 0 Å². The highest BCUT2D eigenvalue weighted by molar-refractivity contribution is 6.32. The lowest BCUT2D eigenvalue weighted by Crippen LogP contribution is -2.28. The second-order valence-corrected chi connectivity index (χ2v) is 5.98. The Kier molecular flexibility index (Phi) is 6.30. The standard InChI is InChI=1S/C17H23ClN2O3/c1-19-10-13-6-7-20(11-13)16(21)5-4-12-8-14(18)17(23-3)15(9-12)22-2/h4-5,8-9,13,19H,6-7,10-11H2,1-3H3/b5-4+. The summed E-state index contributed by atoms with van der Waals surface area (Å²) in [5.41, 5.74) is 0.798. The summed E-state index contributed by atoms with van der Waals surface area (Å²) in [6, 6.07) is 3.54. The van der Waals surface area contributed by atoms with E-state index in [1.807, 2.05) is 11.9 Å². The molecule has 126 valence electrons. The molecule has 5 nitrogen and oxygen atoms in total. The zero-order valence-corrected chi connectivity index (χ0v) is 14.5. The summed E-state index contributed by atoms with van der Waals surface area (Å²) < 4.78 is 10.5. The van der Waals surface area contributed by atoms with Gasteiger partial charge in [0.25, 0.3) is 0 Å². The van der Waals surface area contributed by atoms with Gasteiger partial charge in [0.1, 0.15) is 0 Å². The number of likely N-dealkylation sites (tertiary alicyclic amines) is 1. The van der Waals surface area contributed by atoms with Gasteiger partial charge in [-0.25, -0.2) is 0 Å². The molecule has 1 aromatic rings. The van der Waals surface area contributed by atoms with Crippen LogP contribution in [-0.2, 0) is 4.79 Å². The molecule has 2 rings (SSSR count). The van der Waals surface area contributed by atoms with Crippen LogP contribution in [0.4, 0.5) is 0 Å². The number of carbonyl (C=O) groups excluding carboxylic acids is 1. The lowest BCUT2D eigenvalue weighted by Gasteiger charge is -2.14. The van der Waals surface area contributed by atoms with Gasteiger partial charge in [0.05, 0.1) is 19.2 Å². The average Bonchev–Trinajstić information content (AvgIpc) is 3.01. The maximum Gasteiger partial charge on any atom is 0.246 e. The molecule has 1 saturated heterocycles. The minimum Gasteiger partial charge on any atom is -0.493 e. The molecular weight excluding hydrogens is 316 g/mol. The van der Waals surface area contributed by atoms with Crippen LogP contribution in [0.1, 0.15) is 12.0 Å². The molecule has 1 atom stereocenters. The number of hydrogen-bond acceptors (Lipinski definition) is 4. The van der Waals surface area contributed by atoms with Crippen molar-refractivity contribution in [2.75, 3.05) is 40.9 Å². The lowest BCUT2D eigenvalue weighted by molar-refractivity contribution is -0.125. The molecule has 0 saturated carbocycles. The fraction of sp³-hybridized carbons (Fsp3) is 0.471. The summed E-state index contributed by atoms with van der Waals surface area (Å²) in [5, 5.41) is 3.61. The van der Waals surface area contributed by atoms with E-state index in [2.05, 4.69) is 5.32 Å². The van der Waals surface area contributed by atoms with Crippen molar-refractivity contribution in [1.82, 2.24) is 10.2 Å². The van der Waals surface area contributed by atoms with Crippen LogP contribution in [0, 0.1) is 5.92 Å². The number of amides is 1. The van der Waals surface area contributed by atoms with Gasteiger partial charge in [-0.3, -0.25) is 4.79 Å². The Morgan fingerprint density at radius 3 is 2.87 bits per heavy atom. The van der Waals surface area contributed by atoms with Crippen LogP contribution >= 0.6 is 11.6 Å². The molecule has 1 aliphatic rings. The van der Waals surface area contributed by atoms with E-state index in [4.69, 9.17) is 21.1 Å². The first-order chi connectivity index (χ1) is 11.1. The van der Waals surface area contributed by atoms with Crippen molar-refractivity contribution in [3.8, 4) is 11.5 Å². The second kappa shape index (κ2) is 8.22. The molecule has 1 aromatic carbocycles. The Labute approximate surface area is 142 Å². The number of nitrogens with zero attached hydrogens (tertiary/aromatic N) is 1. The van der Waals surface area contributed by atoms with Gasteiger partial charge in [0.2, 0.25) is 5.91 Å². The van der Waals surface area contributed by atoms with Gasteiger partial charge in [-0.2, -0.15) is 0 Å². The van der Waals surface area contributed by atoms with E-state index >= 15 is 0 Å². The van der Waals surface area contributed by atoms with E-state index in [0.717, 1.165) is 31.6 Å². The Hall–Kier alpha value is -1.72. The largest absolute Gasteiger partial charge is 0.493 e. The topological polar surface area (TPSA) is 50.8 Å². The van der Waals surface area contributed by atoms with E-state index < -0.39 is 0 Å². The van der Waals surface area contributed by atoms with Crippen molar-refractivity contribution in [3.05, 3.63) is 28.8 Å². The van der Waals surface area contributed by atoms with E-state index in [0.29, 0.717) is 22.4 Å². The van der Waals surface area contributed by atoms with E-state index in [9.17, 15) is 4.79 Å². The molecule has 0 radical (unpaired) electrons. The fourth-order valence-electron chi connectivity index (χ4n) is 2.80. The monoisotopic (exact) mass is 338 g/mol. The first-order valence-corrected chi connectivity index (χ1v) is 8.00. The Bertz CT molecular complexity index is 589. The Balaban J connectivity index is 2.05. The summed E-state index contributed by atoms with van der Waals surface area (Å²) in [5.74, 6) is 1.59. The predicted octanol–water partition coefficient (Wildman–Crippen LogP) is 2.44. The fourth-order valence-corrected chi connectivity index (χ4v) is 3.09. The maximum atomic E-state index is 12.3. The van der Waals surface area contributed by atoms with Crippen LogP contribution in [0.5, 0.6) is 11.5 Å². The molecule has 1 fully saturated rings. The average molecular weight is 339 g/mol. The molecule has 0 spiro atoms. The summed E-state index contributed by atoms with van der Waals surface area (Å²) in [6.07, 6.45) is 4.38. The summed E-state index contributed by atoms with van der Waals surface area (Å²) in [4.78, 5) is 14.1. The van der Waals surface area contributed by atoms with Crippen LogP contribution < -0.4 is 14.8 Å². The molecule has 1 heterocycles. The highest BCUT2D eigenvalue weighted by Gasteiger charge is 2.24. The molecule has 1 amide bonds. The van der Waals surface area contributed by atoms with Gasteiger partial charge in [-0.1, -0.05) is 11.6 Å².